The second kappa shape index (κ2) is 11.7. The van der Waals surface area contributed by atoms with Gasteiger partial charge in [-0.15, -0.1) is 0 Å². The van der Waals surface area contributed by atoms with E-state index in [4.69, 9.17) is 14.2 Å². The normalized spacial score (nSPS) is 22.8. The van der Waals surface area contributed by atoms with Gasteiger partial charge < -0.3 is 24.6 Å². The highest BCUT2D eigenvalue weighted by Gasteiger charge is 2.33. The standard InChI is InChI=1S/C28H31N3O5/c32-19-20-6-8-21(9-7-20)26-16-25(18-31-11-13-34-14-12-31)35-28(36-26)22-3-1-5-24(15-22)30-27(33)23-4-2-10-29-17-23/h1-10,15,17,25-26,28,32H,11-14,16,18-19H2,(H,30,33). The molecule has 8 heteroatoms. The lowest BCUT2D eigenvalue weighted by Crippen LogP contribution is -2.44. The molecule has 1 aromatic heterocycles. The molecule has 3 unspecified atom stereocenters. The Labute approximate surface area is 210 Å². The minimum atomic E-state index is -0.581. The van der Waals surface area contributed by atoms with Gasteiger partial charge in [-0.05, 0) is 35.4 Å². The number of morpholine rings is 1. The summed E-state index contributed by atoms with van der Waals surface area (Å²) in [6.45, 7) is 4.05. The van der Waals surface area contributed by atoms with Gasteiger partial charge in [0.05, 0.1) is 37.6 Å². The number of aliphatic hydroxyl groups excluding tert-OH is 1. The third-order valence-electron chi connectivity index (χ3n) is 6.52. The number of benzene rings is 2. The molecule has 2 fully saturated rings. The van der Waals surface area contributed by atoms with Crippen molar-refractivity contribution in [2.45, 2.75) is 31.5 Å². The van der Waals surface area contributed by atoms with Gasteiger partial charge in [-0.25, -0.2) is 0 Å². The van der Waals surface area contributed by atoms with Crippen LogP contribution in [0.1, 0.15) is 45.9 Å². The predicted octanol–water partition coefficient (Wildman–Crippen LogP) is 3.70. The number of carbonyl (C=O) groups excluding carboxylic acids is 1. The lowest BCUT2D eigenvalue weighted by atomic mass is 9.99. The number of nitrogens with one attached hydrogen (secondary N) is 1. The first-order chi connectivity index (χ1) is 17.7. The molecule has 2 aromatic carbocycles. The molecule has 188 valence electrons. The molecule has 2 aliphatic heterocycles. The number of aliphatic hydroxyl groups is 1. The van der Waals surface area contributed by atoms with Crippen LogP contribution in [0.25, 0.3) is 0 Å². The zero-order valence-corrected chi connectivity index (χ0v) is 20.1. The van der Waals surface area contributed by atoms with Gasteiger partial charge in [0.25, 0.3) is 5.91 Å². The van der Waals surface area contributed by atoms with Crippen LogP contribution in [0, 0.1) is 0 Å². The molecule has 0 bridgehead atoms. The van der Waals surface area contributed by atoms with Gasteiger partial charge in [-0.3, -0.25) is 14.7 Å². The van der Waals surface area contributed by atoms with E-state index in [0.717, 1.165) is 56.0 Å². The van der Waals surface area contributed by atoms with Crippen molar-refractivity contribution in [3.8, 4) is 0 Å². The third-order valence-corrected chi connectivity index (χ3v) is 6.52. The molecule has 0 radical (unpaired) electrons. The number of hydrogen-bond donors (Lipinski definition) is 2. The van der Waals surface area contributed by atoms with Crippen LogP contribution in [0.4, 0.5) is 5.69 Å². The molecule has 8 nitrogen and oxygen atoms in total. The van der Waals surface area contributed by atoms with Crippen molar-refractivity contribution >= 4 is 11.6 Å². The van der Waals surface area contributed by atoms with Crippen LogP contribution in [0.3, 0.4) is 0 Å². The zero-order valence-electron chi connectivity index (χ0n) is 20.1. The van der Waals surface area contributed by atoms with Crippen molar-refractivity contribution in [1.29, 1.82) is 0 Å². The van der Waals surface area contributed by atoms with Crippen LogP contribution >= 0.6 is 0 Å². The molecule has 1 amide bonds. The minimum Gasteiger partial charge on any atom is -0.392 e. The van der Waals surface area contributed by atoms with Gasteiger partial charge >= 0.3 is 0 Å². The van der Waals surface area contributed by atoms with E-state index in [1.807, 2.05) is 48.5 Å². The molecule has 5 rings (SSSR count). The summed E-state index contributed by atoms with van der Waals surface area (Å²) in [5.74, 6) is -0.224. The summed E-state index contributed by atoms with van der Waals surface area (Å²) in [7, 11) is 0. The molecule has 36 heavy (non-hydrogen) atoms. The smallest absolute Gasteiger partial charge is 0.257 e. The molecule has 2 N–H and O–H groups in total. The number of aromatic nitrogens is 1. The fraction of sp³-hybridized carbons (Fsp3) is 0.357. The Bertz CT molecular complexity index is 1140. The Morgan fingerprint density at radius 3 is 2.61 bits per heavy atom. The lowest BCUT2D eigenvalue weighted by molar-refractivity contribution is -0.253. The minimum absolute atomic E-state index is 0.00868. The summed E-state index contributed by atoms with van der Waals surface area (Å²) in [5.41, 5.74) is 3.90. The molecule has 0 saturated carbocycles. The molecule has 3 heterocycles. The number of anilines is 1. The monoisotopic (exact) mass is 489 g/mol. The quantitative estimate of drug-likeness (QED) is 0.523. The van der Waals surface area contributed by atoms with Crippen LogP contribution in [-0.2, 0) is 20.8 Å². The average molecular weight is 490 g/mol. The second-order valence-electron chi connectivity index (χ2n) is 9.08. The predicted molar refractivity (Wildman–Crippen MR) is 134 cm³/mol. The number of pyridine rings is 1. The molecule has 0 aliphatic carbocycles. The van der Waals surface area contributed by atoms with Crippen molar-refractivity contribution in [3.63, 3.8) is 0 Å². The maximum absolute atomic E-state index is 12.6. The Morgan fingerprint density at radius 1 is 1.03 bits per heavy atom. The fourth-order valence-electron chi connectivity index (χ4n) is 4.57. The lowest BCUT2D eigenvalue weighted by Gasteiger charge is -2.39. The summed E-state index contributed by atoms with van der Waals surface area (Å²) < 4.78 is 18.4. The van der Waals surface area contributed by atoms with E-state index < -0.39 is 6.29 Å². The highest BCUT2D eigenvalue weighted by atomic mass is 16.7. The first kappa shape index (κ1) is 24.5. The molecule has 3 atom stereocenters. The topological polar surface area (TPSA) is 93.2 Å². The summed E-state index contributed by atoms with van der Waals surface area (Å²) >= 11 is 0. The highest BCUT2D eigenvalue weighted by molar-refractivity contribution is 6.04. The van der Waals surface area contributed by atoms with Crippen LogP contribution in [0.2, 0.25) is 0 Å². The maximum Gasteiger partial charge on any atom is 0.257 e. The maximum atomic E-state index is 12.6. The highest BCUT2D eigenvalue weighted by Crippen LogP contribution is 2.38. The number of carbonyl (C=O) groups is 1. The summed E-state index contributed by atoms with van der Waals surface area (Å²) in [5, 5.41) is 12.3. The van der Waals surface area contributed by atoms with E-state index in [1.165, 1.54) is 6.20 Å². The molecule has 0 spiro atoms. The van der Waals surface area contributed by atoms with Crippen LogP contribution in [0.15, 0.2) is 73.1 Å². The number of hydrogen-bond acceptors (Lipinski definition) is 7. The Hall–Kier alpha value is -3.14. The van der Waals surface area contributed by atoms with Gasteiger partial charge in [0.2, 0.25) is 0 Å². The number of nitrogens with zero attached hydrogens (tertiary/aromatic N) is 2. The Morgan fingerprint density at radius 2 is 1.86 bits per heavy atom. The number of amides is 1. The Kier molecular flexibility index (Phi) is 8.00. The van der Waals surface area contributed by atoms with Gasteiger partial charge in [0, 0.05) is 49.7 Å². The van der Waals surface area contributed by atoms with Crippen LogP contribution in [-0.4, -0.2) is 59.8 Å². The summed E-state index contributed by atoms with van der Waals surface area (Å²) in [6, 6.07) is 18.9. The van der Waals surface area contributed by atoms with Crippen molar-refractivity contribution < 1.29 is 24.1 Å². The number of ether oxygens (including phenoxy) is 3. The number of rotatable bonds is 7. The van der Waals surface area contributed by atoms with Gasteiger partial charge in [-0.2, -0.15) is 0 Å². The fourth-order valence-corrected chi connectivity index (χ4v) is 4.57. The zero-order chi connectivity index (χ0) is 24.7. The second-order valence-corrected chi connectivity index (χ2v) is 9.08. The summed E-state index contributed by atoms with van der Waals surface area (Å²) in [4.78, 5) is 19.0. The molecular weight excluding hydrogens is 458 g/mol. The van der Waals surface area contributed by atoms with E-state index in [0.29, 0.717) is 11.3 Å². The van der Waals surface area contributed by atoms with Crippen LogP contribution < -0.4 is 5.32 Å². The Balaban J connectivity index is 1.35. The average Bonchev–Trinajstić information content (AvgIpc) is 2.94. The van der Waals surface area contributed by atoms with Crippen molar-refractivity contribution in [2.75, 3.05) is 38.2 Å². The molecule has 3 aromatic rings. The summed E-state index contributed by atoms with van der Waals surface area (Å²) in [6.07, 6.45) is 3.13. The van der Waals surface area contributed by atoms with Gasteiger partial charge in [0.15, 0.2) is 6.29 Å². The van der Waals surface area contributed by atoms with E-state index >= 15 is 0 Å². The van der Waals surface area contributed by atoms with Crippen LogP contribution in [0.5, 0.6) is 0 Å². The molecule has 2 aliphatic rings. The SMILES string of the molecule is O=C(Nc1cccc(C2OC(CN3CCOCC3)CC(c3ccc(CO)cc3)O2)c1)c1cccnc1. The molecule has 2 saturated heterocycles. The molecular formula is C28H31N3O5. The van der Waals surface area contributed by atoms with Gasteiger partial charge in [0.1, 0.15) is 0 Å². The van der Waals surface area contributed by atoms with Crippen molar-refractivity contribution in [3.05, 3.63) is 95.3 Å². The van der Waals surface area contributed by atoms with E-state index in [1.54, 1.807) is 18.3 Å². The van der Waals surface area contributed by atoms with E-state index in [-0.39, 0.29) is 24.7 Å². The first-order valence-corrected chi connectivity index (χ1v) is 12.3. The third kappa shape index (κ3) is 6.16. The van der Waals surface area contributed by atoms with Gasteiger partial charge in [-0.1, -0.05) is 36.4 Å². The first-order valence-electron chi connectivity index (χ1n) is 12.3. The largest absolute Gasteiger partial charge is 0.392 e. The van der Waals surface area contributed by atoms with Crippen molar-refractivity contribution in [2.24, 2.45) is 0 Å². The van der Waals surface area contributed by atoms with E-state index in [2.05, 4.69) is 15.2 Å². The van der Waals surface area contributed by atoms with Crippen molar-refractivity contribution in [1.82, 2.24) is 9.88 Å². The van der Waals surface area contributed by atoms with E-state index in [9.17, 15) is 9.90 Å².